The molecule has 1 atom stereocenters. The molecule has 4 aromatic rings. The van der Waals surface area contributed by atoms with E-state index in [1.54, 1.807) is 48.8 Å². The smallest absolute Gasteiger partial charge is 0.301 e. The lowest BCUT2D eigenvalue weighted by atomic mass is 9.96. The molecule has 5 rings (SSSR count). The Morgan fingerprint density at radius 2 is 1.81 bits per heavy atom. The highest BCUT2D eigenvalue weighted by Crippen LogP contribution is 2.44. The van der Waals surface area contributed by atoms with Gasteiger partial charge in [-0.2, -0.15) is 0 Å². The number of nitrogens with zero attached hydrogens (tertiary/aromatic N) is 3. The Morgan fingerprint density at radius 3 is 2.52 bits per heavy atom. The zero-order chi connectivity index (χ0) is 21.5. The van der Waals surface area contributed by atoms with E-state index >= 15 is 0 Å². The number of para-hydroxylation sites is 1. The molecule has 0 aliphatic carbocycles. The third-order valence-corrected chi connectivity index (χ3v) is 6.34. The molecule has 1 N–H and O–H groups in total. The van der Waals surface area contributed by atoms with Gasteiger partial charge in [0.2, 0.25) is 0 Å². The number of ketones is 1. The molecule has 0 radical (unpaired) electrons. The Labute approximate surface area is 186 Å². The van der Waals surface area contributed by atoms with E-state index in [-0.39, 0.29) is 11.3 Å². The molecule has 8 heteroatoms. The maximum Gasteiger partial charge on any atom is 0.301 e. The summed E-state index contributed by atoms with van der Waals surface area (Å²) in [7, 11) is 0. The van der Waals surface area contributed by atoms with Crippen molar-refractivity contribution >= 4 is 55.7 Å². The quantitative estimate of drug-likeness (QED) is 0.272. The Bertz CT molecular complexity index is 1320. The Morgan fingerprint density at radius 1 is 1.03 bits per heavy atom. The zero-order valence-corrected chi connectivity index (χ0v) is 17.5. The Kier molecular flexibility index (Phi) is 4.77. The number of aliphatic hydroxyl groups excluding tert-OH is 1. The summed E-state index contributed by atoms with van der Waals surface area (Å²) in [5.41, 5.74) is 1.70. The third-order valence-electron chi connectivity index (χ3n) is 5.05. The molecule has 3 heterocycles. The monoisotopic (exact) mass is 447 g/mol. The first-order chi connectivity index (χ1) is 15.0. The molecule has 0 saturated carbocycles. The molecule has 1 aliphatic heterocycles. The molecule has 2 aromatic carbocycles. The highest BCUT2D eigenvalue weighted by atomic mass is 35.5. The van der Waals surface area contributed by atoms with Crippen molar-refractivity contribution in [3.8, 4) is 0 Å². The number of carbonyl (C=O) groups excluding carboxylic acids is 2. The second kappa shape index (κ2) is 7.61. The van der Waals surface area contributed by atoms with Crippen LogP contribution >= 0.6 is 22.9 Å². The van der Waals surface area contributed by atoms with Crippen molar-refractivity contribution in [2.45, 2.75) is 6.04 Å². The predicted octanol–water partition coefficient (Wildman–Crippen LogP) is 4.97. The second-order valence-electron chi connectivity index (χ2n) is 6.93. The number of Topliss-reactive ketones (excluding diaryl/α,β-unsaturated/α-hetero) is 1. The second-order valence-corrected chi connectivity index (χ2v) is 8.37. The number of hydrogen-bond acceptors (Lipinski definition) is 6. The van der Waals surface area contributed by atoms with Gasteiger partial charge < -0.3 is 5.11 Å². The van der Waals surface area contributed by atoms with Crippen LogP contribution in [0.25, 0.3) is 16.0 Å². The summed E-state index contributed by atoms with van der Waals surface area (Å²) in [6, 6.07) is 16.5. The van der Waals surface area contributed by atoms with Crippen LogP contribution in [0.15, 0.2) is 78.6 Å². The number of thiazole rings is 1. The van der Waals surface area contributed by atoms with E-state index in [0.29, 0.717) is 21.3 Å². The average Bonchev–Trinajstić information content (AvgIpc) is 3.33. The molecule has 1 fully saturated rings. The van der Waals surface area contributed by atoms with Gasteiger partial charge in [-0.3, -0.25) is 19.5 Å². The van der Waals surface area contributed by atoms with Crippen molar-refractivity contribution in [1.29, 1.82) is 0 Å². The highest BCUT2D eigenvalue weighted by molar-refractivity contribution is 7.22. The molecule has 2 aromatic heterocycles. The lowest BCUT2D eigenvalue weighted by Gasteiger charge is -2.22. The van der Waals surface area contributed by atoms with Crippen molar-refractivity contribution in [2.24, 2.45) is 0 Å². The summed E-state index contributed by atoms with van der Waals surface area (Å²) in [5, 5.41) is 11.9. The first-order valence-corrected chi connectivity index (χ1v) is 10.6. The summed E-state index contributed by atoms with van der Waals surface area (Å²) in [5.74, 6) is -1.79. The van der Waals surface area contributed by atoms with Crippen LogP contribution in [-0.4, -0.2) is 26.8 Å². The number of benzene rings is 2. The fourth-order valence-corrected chi connectivity index (χ4v) is 4.73. The lowest BCUT2D eigenvalue weighted by molar-refractivity contribution is -0.132. The number of rotatable bonds is 3. The van der Waals surface area contributed by atoms with Crippen LogP contribution < -0.4 is 4.90 Å². The van der Waals surface area contributed by atoms with Gasteiger partial charge in [0.25, 0.3) is 5.78 Å². The van der Waals surface area contributed by atoms with E-state index in [9.17, 15) is 14.7 Å². The minimum atomic E-state index is -0.857. The molecule has 31 heavy (non-hydrogen) atoms. The number of hydrogen-bond donors (Lipinski definition) is 1. The van der Waals surface area contributed by atoms with Gasteiger partial charge in [-0.05, 0) is 48.0 Å². The van der Waals surface area contributed by atoms with Gasteiger partial charge in [-0.15, -0.1) is 0 Å². The van der Waals surface area contributed by atoms with Crippen LogP contribution in [0.3, 0.4) is 0 Å². The number of anilines is 1. The summed E-state index contributed by atoms with van der Waals surface area (Å²) in [6.07, 6.45) is 3.18. The van der Waals surface area contributed by atoms with E-state index in [2.05, 4.69) is 9.97 Å². The first kappa shape index (κ1) is 19.4. The SMILES string of the molecule is O=C1C(=O)N(c2nc3ccccc3s2)[C@H](c2cccnc2)C1=C(O)c1ccc(Cl)cc1. The van der Waals surface area contributed by atoms with Crippen LogP contribution in [0.4, 0.5) is 5.13 Å². The fraction of sp³-hybridized carbons (Fsp3) is 0.0435. The van der Waals surface area contributed by atoms with Crippen LogP contribution in [0.5, 0.6) is 0 Å². The van der Waals surface area contributed by atoms with Gasteiger partial charge in [-0.1, -0.05) is 41.1 Å². The van der Waals surface area contributed by atoms with Crippen molar-refractivity contribution in [2.75, 3.05) is 4.90 Å². The van der Waals surface area contributed by atoms with Crippen molar-refractivity contribution in [1.82, 2.24) is 9.97 Å². The van der Waals surface area contributed by atoms with Gasteiger partial charge >= 0.3 is 5.91 Å². The number of amides is 1. The van der Waals surface area contributed by atoms with Gasteiger partial charge in [0.1, 0.15) is 5.76 Å². The topological polar surface area (TPSA) is 83.4 Å². The molecule has 1 aliphatic rings. The lowest BCUT2D eigenvalue weighted by Crippen LogP contribution is -2.29. The molecule has 0 unspecified atom stereocenters. The number of aliphatic hydroxyl groups is 1. The maximum absolute atomic E-state index is 13.1. The first-order valence-electron chi connectivity index (χ1n) is 9.37. The normalized spacial score (nSPS) is 18.1. The fourth-order valence-electron chi connectivity index (χ4n) is 3.61. The summed E-state index contributed by atoms with van der Waals surface area (Å²) >= 11 is 7.26. The number of halogens is 1. The number of pyridine rings is 1. The van der Waals surface area contributed by atoms with Crippen molar-refractivity contribution in [3.63, 3.8) is 0 Å². The van der Waals surface area contributed by atoms with E-state index in [0.717, 1.165) is 10.2 Å². The van der Waals surface area contributed by atoms with E-state index in [1.165, 1.54) is 16.2 Å². The molecule has 1 saturated heterocycles. The van der Waals surface area contributed by atoms with Crippen LogP contribution in [-0.2, 0) is 9.59 Å². The Hall–Kier alpha value is -3.55. The molecular weight excluding hydrogens is 434 g/mol. The molecule has 152 valence electrons. The van der Waals surface area contributed by atoms with Crippen LogP contribution in [0, 0.1) is 0 Å². The summed E-state index contributed by atoms with van der Waals surface area (Å²) < 4.78 is 0.891. The largest absolute Gasteiger partial charge is 0.507 e. The highest BCUT2D eigenvalue weighted by Gasteiger charge is 2.48. The molecule has 0 spiro atoms. The van der Waals surface area contributed by atoms with Gasteiger partial charge in [0.15, 0.2) is 5.13 Å². The third kappa shape index (κ3) is 3.28. The molecule has 0 bridgehead atoms. The molecule has 6 nitrogen and oxygen atoms in total. The zero-order valence-electron chi connectivity index (χ0n) is 15.9. The molecular formula is C23H14ClN3O3S. The summed E-state index contributed by atoms with van der Waals surface area (Å²) in [6.45, 7) is 0. The summed E-state index contributed by atoms with van der Waals surface area (Å²) in [4.78, 5) is 36.3. The standard InChI is InChI=1S/C23H14ClN3O3S/c24-15-9-7-13(8-10-15)20(28)18-19(14-4-3-11-25-12-14)27(22(30)21(18)29)23-26-16-5-1-2-6-17(16)31-23/h1-12,19,28H/t19-/m1/s1. The van der Waals surface area contributed by atoms with Gasteiger partial charge in [0.05, 0.1) is 21.8 Å². The maximum atomic E-state index is 13.1. The minimum Gasteiger partial charge on any atom is -0.507 e. The predicted molar refractivity (Wildman–Crippen MR) is 120 cm³/mol. The van der Waals surface area contributed by atoms with Gasteiger partial charge in [0, 0.05) is 23.0 Å². The molecule has 1 amide bonds. The average molecular weight is 448 g/mol. The van der Waals surface area contributed by atoms with E-state index in [1.807, 2.05) is 24.3 Å². The van der Waals surface area contributed by atoms with Gasteiger partial charge in [-0.25, -0.2) is 4.98 Å². The van der Waals surface area contributed by atoms with Crippen molar-refractivity contribution in [3.05, 3.63) is 94.8 Å². The van der Waals surface area contributed by atoms with E-state index < -0.39 is 17.7 Å². The van der Waals surface area contributed by atoms with Crippen LogP contribution in [0.1, 0.15) is 17.2 Å². The van der Waals surface area contributed by atoms with Crippen molar-refractivity contribution < 1.29 is 14.7 Å². The van der Waals surface area contributed by atoms with Crippen LogP contribution in [0.2, 0.25) is 5.02 Å². The van der Waals surface area contributed by atoms with E-state index in [4.69, 9.17) is 11.6 Å². The minimum absolute atomic E-state index is 0.0143. The number of aromatic nitrogens is 2. The Balaban J connectivity index is 1.73. The number of fused-ring (bicyclic) bond motifs is 1. The number of carbonyl (C=O) groups is 2.